The van der Waals surface area contributed by atoms with Crippen molar-refractivity contribution in [1.82, 2.24) is 5.32 Å². The van der Waals surface area contributed by atoms with Gasteiger partial charge in [0.25, 0.3) is 0 Å². The number of unbranched alkanes of at least 4 members (excludes halogenated alkanes) is 7. The van der Waals surface area contributed by atoms with Gasteiger partial charge >= 0.3 is 12.1 Å². The van der Waals surface area contributed by atoms with Crippen LogP contribution >= 0.6 is 0 Å². The minimum Gasteiger partial charge on any atom is -0.480 e. The summed E-state index contributed by atoms with van der Waals surface area (Å²) in [5.41, 5.74) is 0. The fourth-order valence-electron chi connectivity index (χ4n) is 2.28. The van der Waals surface area contributed by atoms with Crippen molar-refractivity contribution >= 4 is 12.1 Å². The number of hydrogen-bond acceptors (Lipinski definition) is 3. The molecule has 0 aromatic heterocycles. The highest BCUT2D eigenvalue weighted by Crippen LogP contribution is 2.09. The first kappa shape index (κ1) is 20.7. The number of rotatable bonds is 13. The summed E-state index contributed by atoms with van der Waals surface area (Å²) in [5, 5.41) is 11.4. The van der Waals surface area contributed by atoms with Crippen LogP contribution in [0.25, 0.3) is 0 Å². The number of carboxylic acids is 1. The molecule has 0 fully saturated rings. The molecule has 0 aliphatic carbocycles. The first-order valence-electron chi connectivity index (χ1n) is 8.63. The molecule has 0 aromatic rings. The second-order valence-corrected chi connectivity index (χ2v) is 6.28. The van der Waals surface area contributed by atoms with Crippen LogP contribution in [0.2, 0.25) is 0 Å². The number of aliphatic carboxylic acids is 1. The molecule has 0 bridgehead atoms. The third-order valence-electron chi connectivity index (χ3n) is 3.53. The van der Waals surface area contributed by atoms with E-state index in [1.165, 1.54) is 38.5 Å². The Hall–Kier alpha value is -1.26. The van der Waals surface area contributed by atoms with Crippen LogP contribution in [0, 0.1) is 5.92 Å². The van der Waals surface area contributed by atoms with Crippen LogP contribution in [0.15, 0.2) is 0 Å². The molecule has 0 saturated heterocycles. The number of alkyl carbamates (subject to hydrolysis) is 1. The molecule has 5 heteroatoms. The molecule has 1 atom stereocenters. The lowest BCUT2D eigenvalue weighted by molar-refractivity contribution is -0.139. The lowest BCUT2D eigenvalue weighted by atomic mass is 10.0. The van der Waals surface area contributed by atoms with Crippen LogP contribution in [-0.4, -0.2) is 29.8 Å². The Morgan fingerprint density at radius 1 is 1.00 bits per heavy atom. The van der Waals surface area contributed by atoms with Gasteiger partial charge in [0.05, 0.1) is 6.61 Å². The molecule has 22 heavy (non-hydrogen) atoms. The van der Waals surface area contributed by atoms with Crippen LogP contribution in [0.3, 0.4) is 0 Å². The third kappa shape index (κ3) is 12.5. The quantitative estimate of drug-likeness (QED) is 0.495. The van der Waals surface area contributed by atoms with Crippen LogP contribution in [-0.2, 0) is 9.53 Å². The van der Waals surface area contributed by atoms with Crippen LogP contribution in [0.4, 0.5) is 4.79 Å². The minimum atomic E-state index is -1.02. The maximum absolute atomic E-state index is 11.5. The van der Waals surface area contributed by atoms with Gasteiger partial charge in [-0.15, -0.1) is 0 Å². The average molecular weight is 315 g/mol. The molecule has 0 aliphatic rings. The predicted molar refractivity (Wildman–Crippen MR) is 88.0 cm³/mol. The number of hydrogen-bond donors (Lipinski definition) is 2. The van der Waals surface area contributed by atoms with Gasteiger partial charge in [-0.25, -0.2) is 9.59 Å². The summed E-state index contributed by atoms with van der Waals surface area (Å²) in [5.74, 6) is -0.813. The SMILES string of the molecule is CCCCCCCCCCOC(=O)NC(CC(C)C)C(=O)O. The fourth-order valence-corrected chi connectivity index (χ4v) is 2.28. The van der Waals surface area contributed by atoms with Gasteiger partial charge in [-0.2, -0.15) is 0 Å². The Kier molecular flexibility index (Phi) is 12.6. The number of amides is 1. The maximum atomic E-state index is 11.5. The largest absolute Gasteiger partial charge is 0.480 e. The summed E-state index contributed by atoms with van der Waals surface area (Å²) in [4.78, 5) is 22.6. The lowest BCUT2D eigenvalue weighted by Gasteiger charge is -2.16. The van der Waals surface area contributed by atoms with Gasteiger partial charge < -0.3 is 15.2 Å². The van der Waals surface area contributed by atoms with Crippen molar-refractivity contribution < 1.29 is 19.4 Å². The molecule has 0 heterocycles. The Balaban J connectivity index is 3.61. The molecule has 0 aromatic carbocycles. The van der Waals surface area contributed by atoms with Crippen LogP contribution < -0.4 is 5.32 Å². The van der Waals surface area contributed by atoms with Crippen molar-refractivity contribution in [1.29, 1.82) is 0 Å². The molecule has 0 spiro atoms. The van der Waals surface area contributed by atoms with E-state index in [0.717, 1.165) is 12.8 Å². The number of carboxylic acid groups (broad SMARTS) is 1. The monoisotopic (exact) mass is 315 g/mol. The van der Waals surface area contributed by atoms with E-state index in [1.54, 1.807) is 0 Å². The normalized spacial score (nSPS) is 12.2. The van der Waals surface area contributed by atoms with Gasteiger partial charge in [0.1, 0.15) is 6.04 Å². The fraction of sp³-hybridized carbons (Fsp3) is 0.882. The Labute approximate surface area is 134 Å². The summed E-state index contributed by atoms with van der Waals surface area (Å²) in [6, 6.07) is -0.869. The zero-order chi connectivity index (χ0) is 16.8. The predicted octanol–water partition coefficient (Wildman–Crippen LogP) is 4.35. The molecule has 0 aliphatic heterocycles. The molecule has 1 unspecified atom stereocenters. The van der Waals surface area contributed by atoms with E-state index in [9.17, 15) is 9.59 Å². The molecule has 0 radical (unpaired) electrons. The van der Waals surface area contributed by atoms with Crippen molar-refractivity contribution in [3.8, 4) is 0 Å². The van der Waals surface area contributed by atoms with E-state index in [2.05, 4.69) is 12.2 Å². The lowest BCUT2D eigenvalue weighted by Crippen LogP contribution is -2.42. The van der Waals surface area contributed by atoms with Crippen molar-refractivity contribution in [2.24, 2.45) is 5.92 Å². The summed E-state index contributed by atoms with van der Waals surface area (Å²) in [6.45, 7) is 6.40. The standard InChI is InChI=1S/C17H33NO4/c1-4-5-6-7-8-9-10-11-12-22-17(21)18-15(16(19)20)13-14(2)3/h14-15H,4-13H2,1-3H3,(H,18,21)(H,19,20). The van der Waals surface area contributed by atoms with E-state index in [1.807, 2.05) is 13.8 Å². The second kappa shape index (κ2) is 13.4. The molecule has 130 valence electrons. The first-order valence-corrected chi connectivity index (χ1v) is 8.63. The van der Waals surface area contributed by atoms with E-state index in [4.69, 9.17) is 9.84 Å². The van der Waals surface area contributed by atoms with Gasteiger partial charge in [0.15, 0.2) is 0 Å². The topological polar surface area (TPSA) is 75.6 Å². The Morgan fingerprint density at radius 2 is 1.55 bits per heavy atom. The molecule has 1 amide bonds. The zero-order valence-electron chi connectivity index (χ0n) is 14.4. The van der Waals surface area contributed by atoms with Crippen LogP contribution in [0.5, 0.6) is 0 Å². The molecular weight excluding hydrogens is 282 g/mol. The van der Waals surface area contributed by atoms with Gasteiger partial charge in [-0.3, -0.25) is 0 Å². The average Bonchev–Trinajstić information content (AvgIpc) is 2.44. The van der Waals surface area contributed by atoms with Crippen molar-refractivity contribution in [2.75, 3.05) is 6.61 Å². The first-order chi connectivity index (χ1) is 10.5. The molecule has 2 N–H and O–H groups in total. The number of carbonyl (C=O) groups is 2. The zero-order valence-corrected chi connectivity index (χ0v) is 14.4. The summed E-state index contributed by atoms with van der Waals surface area (Å²) in [7, 11) is 0. The van der Waals surface area contributed by atoms with Crippen molar-refractivity contribution in [2.45, 2.75) is 84.6 Å². The molecule has 5 nitrogen and oxygen atoms in total. The van der Waals surface area contributed by atoms with Gasteiger partial charge in [0.2, 0.25) is 0 Å². The van der Waals surface area contributed by atoms with Crippen LogP contribution in [0.1, 0.15) is 78.6 Å². The molecule has 0 rings (SSSR count). The minimum absolute atomic E-state index is 0.203. The summed E-state index contributed by atoms with van der Waals surface area (Å²) >= 11 is 0. The number of carbonyl (C=O) groups excluding carboxylic acids is 1. The van der Waals surface area contributed by atoms with Gasteiger partial charge in [-0.05, 0) is 18.8 Å². The smallest absolute Gasteiger partial charge is 0.407 e. The highest BCUT2D eigenvalue weighted by molar-refractivity contribution is 5.79. The van der Waals surface area contributed by atoms with E-state index < -0.39 is 18.1 Å². The Bertz CT molecular complexity index is 305. The number of ether oxygens (including phenoxy) is 1. The summed E-state index contributed by atoms with van der Waals surface area (Å²) < 4.78 is 5.04. The highest BCUT2D eigenvalue weighted by atomic mass is 16.5. The second-order valence-electron chi connectivity index (χ2n) is 6.28. The van der Waals surface area contributed by atoms with Crippen molar-refractivity contribution in [3.63, 3.8) is 0 Å². The van der Waals surface area contributed by atoms with E-state index >= 15 is 0 Å². The van der Waals surface area contributed by atoms with E-state index in [0.29, 0.717) is 13.0 Å². The Morgan fingerprint density at radius 3 is 2.05 bits per heavy atom. The van der Waals surface area contributed by atoms with Gasteiger partial charge in [-0.1, -0.05) is 65.7 Å². The number of nitrogens with one attached hydrogen (secondary N) is 1. The molecule has 0 saturated carbocycles. The molecular formula is C17H33NO4. The summed E-state index contributed by atoms with van der Waals surface area (Å²) in [6.07, 6.45) is 9.23. The highest BCUT2D eigenvalue weighted by Gasteiger charge is 2.21. The van der Waals surface area contributed by atoms with Crippen molar-refractivity contribution in [3.05, 3.63) is 0 Å². The third-order valence-corrected chi connectivity index (χ3v) is 3.53. The van der Waals surface area contributed by atoms with E-state index in [-0.39, 0.29) is 5.92 Å². The van der Waals surface area contributed by atoms with Gasteiger partial charge in [0, 0.05) is 0 Å². The maximum Gasteiger partial charge on any atom is 0.407 e.